The minimum Gasteiger partial charge on any atom is -0.443 e. The van der Waals surface area contributed by atoms with Crippen molar-refractivity contribution in [3.8, 4) is 0 Å². The fourth-order valence-corrected chi connectivity index (χ4v) is 2.32. The predicted octanol–water partition coefficient (Wildman–Crippen LogP) is 1.83. The number of amides is 2. The lowest BCUT2D eigenvalue weighted by Crippen LogP contribution is -2.52. The van der Waals surface area contributed by atoms with Gasteiger partial charge in [0.1, 0.15) is 11.8 Å². The number of ether oxygens (including phenoxy) is 1. The Balaban J connectivity index is 2.14. The Morgan fingerprint density at radius 2 is 1.94 bits per heavy atom. The second-order valence-electron chi connectivity index (χ2n) is 5.49. The first kappa shape index (κ1) is 12.3. The molecule has 4 nitrogen and oxygen atoms in total. The van der Waals surface area contributed by atoms with Crippen LogP contribution < -0.4 is 0 Å². The molecule has 0 N–H and O–H groups in total. The lowest BCUT2D eigenvalue weighted by molar-refractivity contribution is -0.138. The Morgan fingerprint density at radius 3 is 2.41 bits per heavy atom. The number of rotatable bonds is 0. The van der Waals surface area contributed by atoms with E-state index in [1.165, 1.54) is 0 Å². The summed E-state index contributed by atoms with van der Waals surface area (Å²) < 4.78 is 31.7. The standard InChI is InChI=1S/C11H15F2NO3/c1-11(2,3)17-10(16)14-6-4-5(9(14)15)7(12)8(6)13/h5-8H,4H2,1-3H3/t5-,6+,7-,8+/m1/s1. The van der Waals surface area contributed by atoms with E-state index in [-0.39, 0.29) is 6.42 Å². The number of alkyl halides is 2. The lowest BCUT2D eigenvalue weighted by atomic mass is 10.1. The van der Waals surface area contributed by atoms with E-state index in [0.29, 0.717) is 0 Å². The highest BCUT2D eigenvalue weighted by atomic mass is 19.2. The number of fused-ring (bicyclic) bond motifs is 2. The smallest absolute Gasteiger partial charge is 0.417 e. The van der Waals surface area contributed by atoms with Crippen molar-refractivity contribution in [3.63, 3.8) is 0 Å². The molecule has 0 aromatic carbocycles. The van der Waals surface area contributed by atoms with E-state index >= 15 is 0 Å². The number of nitrogens with zero attached hydrogens (tertiary/aromatic N) is 1. The van der Waals surface area contributed by atoms with Gasteiger partial charge in [-0.2, -0.15) is 0 Å². The molecule has 1 heterocycles. The molecule has 1 saturated carbocycles. The minimum absolute atomic E-state index is 0.0560. The Kier molecular flexibility index (Phi) is 2.63. The van der Waals surface area contributed by atoms with E-state index in [1.807, 2.05) is 0 Å². The van der Waals surface area contributed by atoms with E-state index in [4.69, 9.17) is 4.74 Å². The molecule has 96 valence electrons. The first-order chi connectivity index (χ1) is 7.72. The van der Waals surface area contributed by atoms with Gasteiger partial charge in [-0.15, -0.1) is 0 Å². The molecular weight excluding hydrogens is 232 g/mol. The molecule has 4 atom stereocenters. The van der Waals surface area contributed by atoms with Crippen LogP contribution in [0.1, 0.15) is 27.2 Å². The molecule has 2 bridgehead atoms. The average Bonchev–Trinajstić information content (AvgIpc) is 2.62. The van der Waals surface area contributed by atoms with Crippen molar-refractivity contribution >= 4 is 12.0 Å². The molecule has 0 spiro atoms. The van der Waals surface area contributed by atoms with Crippen LogP contribution in [0.15, 0.2) is 0 Å². The zero-order valence-electron chi connectivity index (χ0n) is 9.94. The van der Waals surface area contributed by atoms with E-state index in [0.717, 1.165) is 4.90 Å². The minimum atomic E-state index is -1.79. The average molecular weight is 247 g/mol. The van der Waals surface area contributed by atoms with Gasteiger partial charge in [0, 0.05) is 0 Å². The fraction of sp³-hybridized carbons (Fsp3) is 0.818. The molecule has 2 aliphatic rings. The molecule has 2 fully saturated rings. The maximum absolute atomic E-state index is 13.5. The van der Waals surface area contributed by atoms with Gasteiger partial charge < -0.3 is 4.74 Å². The summed E-state index contributed by atoms with van der Waals surface area (Å²) in [5.74, 6) is -1.69. The van der Waals surface area contributed by atoms with Gasteiger partial charge in [-0.3, -0.25) is 4.79 Å². The lowest BCUT2D eigenvalue weighted by Gasteiger charge is -2.31. The maximum Gasteiger partial charge on any atom is 0.417 e. The van der Waals surface area contributed by atoms with Gasteiger partial charge in [-0.05, 0) is 27.2 Å². The second-order valence-corrected chi connectivity index (χ2v) is 5.49. The normalized spacial score (nSPS) is 36.5. The number of likely N-dealkylation sites (tertiary alicyclic amines) is 1. The van der Waals surface area contributed by atoms with Crippen LogP contribution in [0.5, 0.6) is 0 Å². The monoisotopic (exact) mass is 247 g/mol. The first-order valence-electron chi connectivity index (χ1n) is 5.56. The van der Waals surface area contributed by atoms with Gasteiger partial charge in [0.05, 0.1) is 12.0 Å². The SMILES string of the molecule is CC(C)(C)OC(=O)N1C(=O)[C@@H]2C[C@H]1[C@H](F)[C@@H]2F. The van der Waals surface area contributed by atoms with Crippen LogP contribution in [0, 0.1) is 5.92 Å². The molecule has 0 aromatic heterocycles. The molecule has 1 aliphatic heterocycles. The van der Waals surface area contributed by atoms with Crippen molar-refractivity contribution in [2.45, 2.75) is 51.2 Å². The van der Waals surface area contributed by atoms with Crippen molar-refractivity contribution < 1.29 is 23.1 Å². The number of piperidine rings is 1. The van der Waals surface area contributed by atoms with Crippen molar-refractivity contribution in [2.24, 2.45) is 5.92 Å². The molecule has 0 unspecified atom stereocenters. The molecule has 1 saturated heterocycles. The van der Waals surface area contributed by atoms with Crippen molar-refractivity contribution in [3.05, 3.63) is 0 Å². The number of imide groups is 1. The van der Waals surface area contributed by atoms with Crippen molar-refractivity contribution in [2.75, 3.05) is 0 Å². The number of carbonyl (C=O) groups is 2. The van der Waals surface area contributed by atoms with Gasteiger partial charge in [-0.25, -0.2) is 18.5 Å². The van der Waals surface area contributed by atoms with Gasteiger partial charge in [0.15, 0.2) is 6.17 Å². The quantitative estimate of drug-likeness (QED) is 0.656. The molecule has 6 heteroatoms. The van der Waals surface area contributed by atoms with Gasteiger partial charge in [0.2, 0.25) is 5.91 Å². The molecule has 1 aliphatic carbocycles. The van der Waals surface area contributed by atoms with E-state index < -0.39 is 41.9 Å². The van der Waals surface area contributed by atoms with Gasteiger partial charge >= 0.3 is 6.09 Å². The van der Waals surface area contributed by atoms with Crippen LogP contribution in [0.2, 0.25) is 0 Å². The van der Waals surface area contributed by atoms with E-state index in [1.54, 1.807) is 20.8 Å². The van der Waals surface area contributed by atoms with Crippen LogP contribution in [0.25, 0.3) is 0 Å². The number of halogens is 2. The maximum atomic E-state index is 13.5. The zero-order valence-corrected chi connectivity index (χ0v) is 9.94. The third-order valence-corrected chi connectivity index (χ3v) is 3.03. The summed E-state index contributed by atoms with van der Waals surface area (Å²) in [6, 6.07) is -1.00. The largest absolute Gasteiger partial charge is 0.443 e. The summed E-state index contributed by atoms with van der Waals surface area (Å²) in [4.78, 5) is 24.1. The summed E-state index contributed by atoms with van der Waals surface area (Å²) >= 11 is 0. The Bertz CT molecular complexity index is 366. The first-order valence-corrected chi connectivity index (χ1v) is 5.56. The summed E-state index contributed by atoms with van der Waals surface area (Å²) in [6.45, 7) is 4.94. The van der Waals surface area contributed by atoms with Gasteiger partial charge in [-0.1, -0.05) is 0 Å². The zero-order chi connectivity index (χ0) is 13.0. The van der Waals surface area contributed by atoms with Crippen LogP contribution in [-0.2, 0) is 9.53 Å². The van der Waals surface area contributed by atoms with Crippen LogP contribution in [0.4, 0.5) is 13.6 Å². The van der Waals surface area contributed by atoms with Crippen LogP contribution >= 0.6 is 0 Å². The fourth-order valence-electron chi connectivity index (χ4n) is 2.32. The van der Waals surface area contributed by atoms with Crippen molar-refractivity contribution in [1.29, 1.82) is 0 Å². The number of hydrogen-bond acceptors (Lipinski definition) is 3. The molecule has 17 heavy (non-hydrogen) atoms. The summed E-state index contributed by atoms with van der Waals surface area (Å²) in [5.41, 5.74) is -0.764. The molecular formula is C11H15F2NO3. The Morgan fingerprint density at radius 1 is 1.35 bits per heavy atom. The number of carbonyl (C=O) groups excluding carboxylic acids is 2. The number of hydrogen-bond donors (Lipinski definition) is 0. The summed E-state index contributed by atoms with van der Waals surface area (Å²) in [5, 5.41) is 0. The molecule has 2 amide bonds. The van der Waals surface area contributed by atoms with E-state index in [2.05, 4.69) is 0 Å². The highest BCUT2D eigenvalue weighted by molar-refractivity contribution is 5.97. The summed E-state index contributed by atoms with van der Waals surface area (Å²) in [7, 11) is 0. The highest BCUT2D eigenvalue weighted by Gasteiger charge is 2.60. The Hall–Kier alpha value is -1.20. The molecule has 0 aromatic rings. The van der Waals surface area contributed by atoms with Gasteiger partial charge in [0.25, 0.3) is 0 Å². The molecule has 0 radical (unpaired) electrons. The topological polar surface area (TPSA) is 46.6 Å². The van der Waals surface area contributed by atoms with E-state index in [9.17, 15) is 18.4 Å². The summed E-state index contributed by atoms with van der Waals surface area (Å²) in [6.07, 6.45) is -4.40. The second kappa shape index (κ2) is 3.65. The highest BCUT2D eigenvalue weighted by Crippen LogP contribution is 2.43. The third-order valence-electron chi connectivity index (χ3n) is 3.03. The van der Waals surface area contributed by atoms with Crippen LogP contribution in [0.3, 0.4) is 0 Å². The van der Waals surface area contributed by atoms with Crippen molar-refractivity contribution in [1.82, 2.24) is 4.90 Å². The predicted molar refractivity (Wildman–Crippen MR) is 54.8 cm³/mol. The van der Waals surface area contributed by atoms with Crippen LogP contribution in [-0.4, -0.2) is 40.9 Å². The third kappa shape index (κ3) is 1.89. The Labute approximate surface area is 97.9 Å². The molecule has 2 rings (SSSR count).